The number of carbonyl (C=O) groups excluding carboxylic acids is 1. The Morgan fingerprint density at radius 2 is 1.76 bits per heavy atom. The van der Waals surface area contributed by atoms with Crippen LogP contribution in [-0.2, 0) is 0 Å². The smallest absolute Gasteiger partial charge is 0.271 e. The zero-order chi connectivity index (χ0) is 15.4. The quantitative estimate of drug-likeness (QED) is 0.393. The van der Waals surface area contributed by atoms with Crippen molar-refractivity contribution in [3.63, 3.8) is 0 Å². The monoisotopic (exact) mass is 286 g/mol. The molecule has 0 aliphatic carbocycles. The number of rotatable bonds is 3. The van der Waals surface area contributed by atoms with Gasteiger partial charge in [0.2, 0.25) is 0 Å². The molecule has 2 aromatic carbocycles. The summed E-state index contributed by atoms with van der Waals surface area (Å²) in [5.74, 6) is -0.587. The van der Waals surface area contributed by atoms with E-state index < -0.39 is 5.91 Å². The molecule has 0 aromatic heterocycles. The molecule has 108 valence electrons. The van der Waals surface area contributed by atoms with Crippen LogP contribution in [0.2, 0.25) is 0 Å². The van der Waals surface area contributed by atoms with Crippen LogP contribution in [0.5, 0.6) is 17.2 Å². The Morgan fingerprint density at radius 1 is 1.05 bits per heavy atom. The van der Waals surface area contributed by atoms with Crippen molar-refractivity contribution in [2.24, 2.45) is 5.10 Å². The lowest BCUT2D eigenvalue weighted by Gasteiger charge is -2.06. The molecule has 1 amide bonds. The number of benzene rings is 2. The molecule has 0 fully saturated rings. The van der Waals surface area contributed by atoms with Crippen molar-refractivity contribution in [1.29, 1.82) is 0 Å². The van der Waals surface area contributed by atoms with E-state index in [1.807, 2.05) is 0 Å². The van der Waals surface area contributed by atoms with E-state index in [1.54, 1.807) is 13.0 Å². The van der Waals surface area contributed by atoms with E-state index >= 15 is 0 Å². The summed E-state index contributed by atoms with van der Waals surface area (Å²) in [6.45, 7) is 1.58. The van der Waals surface area contributed by atoms with Gasteiger partial charge in [-0.2, -0.15) is 5.10 Å². The first-order valence-electron chi connectivity index (χ1n) is 6.13. The second-order valence-electron chi connectivity index (χ2n) is 4.39. The molecule has 4 N–H and O–H groups in total. The summed E-state index contributed by atoms with van der Waals surface area (Å²) in [4.78, 5) is 11.8. The van der Waals surface area contributed by atoms with Gasteiger partial charge in [0.25, 0.3) is 5.91 Å². The maximum Gasteiger partial charge on any atom is 0.271 e. The van der Waals surface area contributed by atoms with Gasteiger partial charge >= 0.3 is 0 Å². The summed E-state index contributed by atoms with van der Waals surface area (Å²) >= 11 is 0. The Hall–Kier alpha value is -3.02. The fraction of sp³-hybridized carbons (Fsp3) is 0.0667. The van der Waals surface area contributed by atoms with Gasteiger partial charge in [-0.15, -0.1) is 0 Å². The van der Waals surface area contributed by atoms with E-state index in [-0.39, 0.29) is 22.8 Å². The van der Waals surface area contributed by atoms with E-state index in [9.17, 15) is 20.1 Å². The minimum atomic E-state index is -0.495. The molecule has 2 aromatic rings. The molecule has 0 heterocycles. The highest BCUT2D eigenvalue weighted by molar-refractivity contribution is 6.02. The van der Waals surface area contributed by atoms with Gasteiger partial charge in [0.15, 0.2) is 0 Å². The molecule has 0 spiro atoms. The molecule has 0 bridgehead atoms. The van der Waals surface area contributed by atoms with Crippen LogP contribution >= 0.6 is 0 Å². The zero-order valence-electron chi connectivity index (χ0n) is 11.2. The third-order valence-corrected chi connectivity index (χ3v) is 2.80. The van der Waals surface area contributed by atoms with Gasteiger partial charge in [-0.05, 0) is 43.3 Å². The largest absolute Gasteiger partial charge is 0.508 e. The molecule has 0 aliphatic heterocycles. The van der Waals surface area contributed by atoms with Crippen LogP contribution in [-0.4, -0.2) is 26.9 Å². The van der Waals surface area contributed by atoms with Crippen LogP contribution in [0.3, 0.4) is 0 Å². The predicted octanol–water partition coefficient (Wildman–Crippen LogP) is 1.96. The van der Waals surface area contributed by atoms with Gasteiger partial charge in [-0.25, -0.2) is 5.43 Å². The van der Waals surface area contributed by atoms with Crippen molar-refractivity contribution in [2.75, 3.05) is 0 Å². The number of aromatic hydroxyl groups is 3. The summed E-state index contributed by atoms with van der Waals surface area (Å²) < 4.78 is 0. The Bertz CT molecular complexity index is 711. The molecule has 0 aliphatic rings. The van der Waals surface area contributed by atoms with Crippen molar-refractivity contribution in [1.82, 2.24) is 5.43 Å². The SMILES string of the molecule is C/C(=N\NC(=O)c1cccc(O)c1)c1cc(O)ccc1O. The van der Waals surface area contributed by atoms with E-state index in [0.29, 0.717) is 11.3 Å². The first-order valence-corrected chi connectivity index (χ1v) is 6.13. The highest BCUT2D eigenvalue weighted by Crippen LogP contribution is 2.22. The van der Waals surface area contributed by atoms with Crippen molar-refractivity contribution in [2.45, 2.75) is 6.92 Å². The second kappa shape index (κ2) is 5.96. The summed E-state index contributed by atoms with van der Waals surface area (Å²) in [7, 11) is 0. The van der Waals surface area contributed by atoms with Crippen LogP contribution in [0.1, 0.15) is 22.8 Å². The minimum absolute atomic E-state index is 0.0170. The number of nitrogens with zero attached hydrogens (tertiary/aromatic N) is 1. The first kappa shape index (κ1) is 14.4. The molecular formula is C15H14N2O4. The number of hydrogen-bond acceptors (Lipinski definition) is 5. The lowest BCUT2D eigenvalue weighted by Crippen LogP contribution is -2.19. The number of amides is 1. The first-order chi connectivity index (χ1) is 9.97. The molecule has 21 heavy (non-hydrogen) atoms. The molecular weight excluding hydrogens is 272 g/mol. The van der Waals surface area contributed by atoms with Gasteiger partial charge in [0.1, 0.15) is 17.2 Å². The number of nitrogens with one attached hydrogen (secondary N) is 1. The van der Waals surface area contributed by atoms with Gasteiger partial charge in [0.05, 0.1) is 5.71 Å². The summed E-state index contributed by atoms with van der Waals surface area (Å²) in [6.07, 6.45) is 0. The maximum atomic E-state index is 11.8. The van der Waals surface area contributed by atoms with E-state index in [1.165, 1.54) is 36.4 Å². The van der Waals surface area contributed by atoms with Crippen LogP contribution < -0.4 is 5.43 Å². The fourth-order valence-electron chi connectivity index (χ4n) is 1.72. The number of phenols is 3. The number of hydrazone groups is 1. The lowest BCUT2D eigenvalue weighted by atomic mass is 10.1. The Morgan fingerprint density at radius 3 is 2.48 bits per heavy atom. The van der Waals surface area contributed by atoms with Gasteiger partial charge in [0, 0.05) is 11.1 Å². The van der Waals surface area contributed by atoms with E-state index in [0.717, 1.165) is 0 Å². The number of carbonyl (C=O) groups is 1. The summed E-state index contributed by atoms with van der Waals surface area (Å²) in [6, 6.07) is 9.86. The van der Waals surface area contributed by atoms with E-state index in [4.69, 9.17) is 0 Å². The summed E-state index contributed by atoms with van der Waals surface area (Å²) in [5.41, 5.74) is 3.21. The zero-order valence-corrected chi connectivity index (χ0v) is 11.2. The lowest BCUT2D eigenvalue weighted by molar-refractivity contribution is 0.0954. The number of hydrogen-bond donors (Lipinski definition) is 4. The van der Waals surface area contributed by atoms with Crippen molar-refractivity contribution in [3.8, 4) is 17.2 Å². The molecule has 2 rings (SSSR count). The van der Waals surface area contributed by atoms with Gasteiger partial charge in [-0.1, -0.05) is 6.07 Å². The van der Waals surface area contributed by atoms with Crippen LogP contribution in [0.25, 0.3) is 0 Å². The van der Waals surface area contributed by atoms with Crippen molar-refractivity contribution >= 4 is 11.6 Å². The Kier molecular flexibility index (Phi) is 4.08. The van der Waals surface area contributed by atoms with Gasteiger partial charge in [-0.3, -0.25) is 4.79 Å². The number of phenolic OH excluding ortho intramolecular Hbond substituents is 3. The third-order valence-electron chi connectivity index (χ3n) is 2.80. The second-order valence-corrected chi connectivity index (χ2v) is 4.39. The molecule has 0 unspecified atom stereocenters. The Balaban J connectivity index is 2.17. The highest BCUT2D eigenvalue weighted by atomic mass is 16.3. The van der Waals surface area contributed by atoms with Crippen LogP contribution in [0.15, 0.2) is 47.6 Å². The Labute approximate surface area is 121 Å². The average Bonchev–Trinajstić information content (AvgIpc) is 2.47. The maximum absolute atomic E-state index is 11.8. The normalized spacial score (nSPS) is 11.2. The van der Waals surface area contributed by atoms with Crippen molar-refractivity contribution < 1.29 is 20.1 Å². The average molecular weight is 286 g/mol. The topological polar surface area (TPSA) is 102 Å². The van der Waals surface area contributed by atoms with Gasteiger partial charge < -0.3 is 15.3 Å². The molecule has 6 heteroatoms. The molecule has 6 nitrogen and oxygen atoms in total. The molecule has 0 atom stereocenters. The van der Waals surface area contributed by atoms with E-state index in [2.05, 4.69) is 10.5 Å². The van der Waals surface area contributed by atoms with Crippen LogP contribution in [0, 0.1) is 0 Å². The highest BCUT2D eigenvalue weighted by Gasteiger charge is 2.08. The van der Waals surface area contributed by atoms with Crippen molar-refractivity contribution in [3.05, 3.63) is 53.6 Å². The third kappa shape index (κ3) is 3.50. The predicted molar refractivity (Wildman–Crippen MR) is 77.6 cm³/mol. The summed E-state index contributed by atoms with van der Waals surface area (Å²) in [5, 5.41) is 32.3. The standard InChI is InChI=1S/C15H14N2O4/c1-9(13-8-12(19)5-6-14(13)20)16-17-15(21)10-3-2-4-11(18)7-10/h2-8,18-20H,1H3,(H,17,21)/b16-9+. The minimum Gasteiger partial charge on any atom is -0.508 e. The molecule has 0 saturated carbocycles. The fourth-order valence-corrected chi connectivity index (χ4v) is 1.72. The van der Waals surface area contributed by atoms with Crippen LogP contribution in [0.4, 0.5) is 0 Å². The molecule has 0 saturated heterocycles. The molecule has 0 radical (unpaired) electrons.